The highest BCUT2D eigenvalue weighted by atomic mass is 31.2. The lowest BCUT2D eigenvalue weighted by Crippen LogP contribution is -2.37. The summed E-state index contributed by atoms with van der Waals surface area (Å²) >= 11 is 0. The molecule has 0 aliphatic heterocycles. The number of carbonyl (C=O) groups excluding carboxylic acids is 2. The normalized spacial score (nSPS) is 14.7. The minimum Gasteiger partial charge on any atom is -0.756 e. The minimum absolute atomic E-state index is 0.0463. The molecule has 0 aromatic heterocycles. The fraction of sp³-hybridized carbons (Fsp3) is 0.805. The van der Waals surface area contributed by atoms with Gasteiger partial charge in [0.05, 0.1) is 33.9 Å². The van der Waals surface area contributed by atoms with Crippen molar-refractivity contribution < 1.29 is 47.2 Å². The SMILES string of the molecule is CC/C=C/C/C=C/C=C/C(O)CCCCCCCC(=O)OC[C@H](COP(=O)([O-])OCC[N+](C)(C)C)OC(=O)CCCCCCCCCCCCCC. The van der Waals surface area contributed by atoms with E-state index >= 15 is 0 Å². The molecule has 0 radical (unpaired) electrons. The van der Waals surface area contributed by atoms with Crippen molar-refractivity contribution in [1.29, 1.82) is 0 Å². The number of allylic oxidation sites excluding steroid dienone is 5. The van der Waals surface area contributed by atoms with Gasteiger partial charge in [-0.3, -0.25) is 14.2 Å². The van der Waals surface area contributed by atoms with Crippen molar-refractivity contribution in [2.75, 3.05) is 47.5 Å². The Bertz CT molecular complexity index is 1010. The fourth-order valence-electron chi connectivity index (χ4n) is 5.31. The van der Waals surface area contributed by atoms with Gasteiger partial charge in [-0.25, -0.2) is 0 Å². The van der Waals surface area contributed by atoms with Gasteiger partial charge in [0.1, 0.15) is 19.8 Å². The number of carbonyl (C=O) groups is 2. The van der Waals surface area contributed by atoms with Gasteiger partial charge in [0.25, 0.3) is 7.82 Å². The van der Waals surface area contributed by atoms with Gasteiger partial charge < -0.3 is 33.0 Å². The number of unbranched alkanes of at least 4 members (excludes halogenated alkanes) is 15. The molecule has 0 aromatic rings. The first-order valence-electron chi connectivity index (χ1n) is 20.3. The number of rotatable bonds is 36. The van der Waals surface area contributed by atoms with E-state index < -0.39 is 38.6 Å². The number of ether oxygens (including phenoxy) is 2. The molecule has 0 aliphatic carbocycles. The highest BCUT2D eigenvalue weighted by Crippen LogP contribution is 2.38. The van der Waals surface area contributed by atoms with Crippen LogP contribution in [-0.4, -0.2) is 81.2 Å². The lowest BCUT2D eigenvalue weighted by Gasteiger charge is -2.28. The third kappa shape index (κ3) is 36.5. The fourth-order valence-corrected chi connectivity index (χ4v) is 6.04. The second-order valence-electron chi connectivity index (χ2n) is 14.8. The molecular formula is C41H76NO9P. The maximum Gasteiger partial charge on any atom is 0.306 e. The van der Waals surface area contributed by atoms with Crippen LogP contribution in [0, 0.1) is 0 Å². The Hall–Kier alpha value is -1.81. The molecule has 304 valence electrons. The van der Waals surface area contributed by atoms with Gasteiger partial charge in [-0.1, -0.05) is 147 Å². The van der Waals surface area contributed by atoms with Crippen molar-refractivity contribution in [3.8, 4) is 0 Å². The smallest absolute Gasteiger partial charge is 0.306 e. The summed E-state index contributed by atoms with van der Waals surface area (Å²) in [6.07, 6.45) is 31.9. The summed E-state index contributed by atoms with van der Waals surface area (Å²) in [5.41, 5.74) is 0. The summed E-state index contributed by atoms with van der Waals surface area (Å²) in [7, 11) is 1.11. The number of esters is 2. The Kier molecular flexibility index (Phi) is 32.6. The molecule has 0 saturated heterocycles. The predicted octanol–water partition coefficient (Wildman–Crippen LogP) is 9.30. The van der Waals surface area contributed by atoms with Crippen molar-refractivity contribution in [2.24, 2.45) is 0 Å². The number of quaternary nitrogens is 1. The number of phosphoric acid groups is 1. The minimum atomic E-state index is -4.64. The van der Waals surface area contributed by atoms with Gasteiger partial charge >= 0.3 is 11.9 Å². The number of likely N-dealkylation sites (N-methyl/N-ethyl adjacent to an activating group) is 1. The Morgan fingerprint density at radius 3 is 1.85 bits per heavy atom. The Labute approximate surface area is 317 Å². The van der Waals surface area contributed by atoms with E-state index in [0.717, 1.165) is 57.8 Å². The highest BCUT2D eigenvalue weighted by Gasteiger charge is 2.21. The highest BCUT2D eigenvalue weighted by molar-refractivity contribution is 7.45. The van der Waals surface area contributed by atoms with E-state index in [4.69, 9.17) is 18.5 Å². The van der Waals surface area contributed by atoms with Crippen LogP contribution in [0.4, 0.5) is 0 Å². The Morgan fingerprint density at radius 1 is 0.712 bits per heavy atom. The van der Waals surface area contributed by atoms with E-state index in [9.17, 15) is 24.2 Å². The molecule has 0 amide bonds. The standard InChI is InChI=1S/C41H76NO9P/c1-6-8-10-12-14-15-16-17-18-20-24-29-33-41(45)51-39(37-50-52(46,47)49-35-34-42(3,4)5)36-48-40(44)32-28-25-21-23-27-31-38(43)30-26-22-19-13-11-9-7-2/h9,11,19,22,26,30,38-39,43H,6-8,10,12-18,20-21,23-25,27-29,31-37H2,1-5H3/b11-9+,22-19+,30-26+/t38?,39-/m1/s1. The molecule has 11 heteroatoms. The lowest BCUT2D eigenvalue weighted by molar-refractivity contribution is -0.870. The molecule has 0 spiro atoms. The Balaban J connectivity index is 4.48. The average Bonchev–Trinajstić information content (AvgIpc) is 3.08. The van der Waals surface area contributed by atoms with Gasteiger partial charge in [-0.05, 0) is 32.1 Å². The first-order chi connectivity index (χ1) is 24.9. The molecule has 0 heterocycles. The molecule has 10 nitrogen and oxygen atoms in total. The first kappa shape index (κ1) is 50.2. The van der Waals surface area contributed by atoms with E-state index in [0.29, 0.717) is 30.3 Å². The number of hydrogen-bond acceptors (Lipinski definition) is 9. The third-order valence-electron chi connectivity index (χ3n) is 8.53. The molecule has 0 aromatic carbocycles. The molecule has 3 atom stereocenters. The number of phosphoric ester groups is 1. The van der Waals surface area contributed by atoms with Gasteiger partial charge in [0, 0.05) is 12.8 Å². The topological polar surface area (TPSA) is 131 Å². The molecule has 2 unspecified atom stereocenters. The van der Waals surface area contributed by atoms with Crippen LogP contribution < -0.4 is 4.89 Å². The predicted molar refractivity (Wildman–Crippen MR) is 210 cm³/mol. The second-order valence-corrected chi connectivity index (χ2v) is 16.2. The summed E-state index contributed by atoms with van der Waals surface area (Å²) < 4.78 is 33.7. The van der Waals surface area contributed by atoms with Crippen LogP contribution in [0.5, 0.6) is 0 Å². The van der Waals surface area contributed by atoms with Crippen molar-refractivity contribution in [3.63, 3.8) is 0 Å². The summed E-state index contributed by atoms with van der Waals surface area (Å²) in [5, 5.41) is 10.1. The van der Waals surface area contributed by atoms with Crippen LogP contribution in [0.25, 0.3) is 0 Å². The molecular weight excluding hydrogens is 681 g/mol. The van der Waals surface area contributed by atoms with E-state index in [-0.39, 0.29) is 26.1 Å². The van der Waals surface area contributed by atoms with Crippen LogP contribution in [0.2, 0.25) is 0 Å². The van der Waals surface area contributed by atoms with Crippen LogP contribution in [0.15, 0.2) is 36.5 Å². The van der Waals surface area contributed by atoms with E-state index in [1.165, 1.54) is 51.4 Å². The quantitative estimate of drug-likeness (QED) is 0.0166. The molecule has 0 fully saturated rings. The summed E-state index contributed by atoms with van der Waals surface area (Å²) in [6.45, 7) is 3.97. The van der Waals surface area contributed by atoms with E-state index in [2.05, 4.69) is 32.1 Å². The largest absolute Gasteiger partial charge is 0.756 e. The molecule has 52 heavy (non-hydrogen) atoms. The number of hydrogen-bond donors (Lipinski definition) is 1. The summed E-state index contributed by atoms with van der Waals surface area (Å²) in [4.78, 5) is 37.4. The van der Waals surface area contributed by atoms with Gasteiger partial charge in [0.2, 0.25) is 0 Å². The van der Waals surface area contributed by atoms with Crippen LogP contribution >= 0.6 is 7.82 Å². The van der Waals surface area contributed by atoms with Gasteiger partial charge in [-0.2, -0.15) is 0 Å². The molecule has 0 bridgehead atoms. The van der Waals surface area contributed by atoms with Crippen molar-refractivity contribution in [3.05, 3.63) is 36.5 Å². The Morgan fingerprint density at radius 2 is 1.27 bits per heavy atom. The first-order valence-corrected chi connectivity index (χ1v) is 21.8. The summed E-state index contributed by atoms with van der Waals surface area (Å²) in [6, 6.07) is 0. The average molecular weight is 758 g/mol. The molecule has 0 rings (SSSR count). The number of aliphatic hydroxyl groups is 1. The number of nitrogens with zero attached hydrogens (tertiary/aromatic N) is 1. The van der Waals surface area contributed by atoms with E-state index in [1.54, 1.807) is 6.08 Å². The zero-order valence-corrected chi connectivity index (χ0v) is 34.5. The third-order valence-corrected chi connectivity index (χ3v) is 9.49. The zero-order valence-electron chi connectivity index (χ0n) is 33.6. The van der Waals surface area contributed by atoms with Crippen LogP contribution in [-0.2, 0) is 32.7 Å². The maximum atomic E-state index is 12.6. The monoisotopic (exact) mass is 758 g/mol. The number of aliphatic hydroxyl groups excluding tert-OH is 1. The van der Waals surface area contributed by atoms with Crippen molar-refractivity contribution in [1.82, 2.24) is 0 Å². The molecule has 0 saturated carbocycles. The second kappa shape index (κ2) is 33.7. The van der Waals surface area contributed by atoms with Gasteiger partial charge in [0.15, 0.2) is 6.10 Å². The summed E-state index contributed by atoms with van der Waals surface area (Å²) in [5.74, 6) is -0.911. The maximum absolute atomic E-state index is 12.6. The van der Waals surface area contributed by atoms with Crippen molar-refractivity contribution in [2.45, 2.75) is 167 Å². The molecule has 0 aliphatic rings. The van der Waals surface area contributed by atoms with Crippen LogP contribution in [0.3, 0.4) is 0 Å². The van der Waals surface area contributed by atoms with Gasteiger partial charge in [-0.15, -0.1) is 0 Å². The molecule has 1 N–H and O–H groups in total. The van der Waals surface area contributed by atoms with E-state index in [1.807, 2.05) is 33.3 Å². The van der Waals surface area contributed by atoms with Crippen molar-refractivity contribution >= 4 is 19.8 Å². The van der Waals surface area contributed by atoms with Crippen LogP contribution in [0.1, 0.15) is 155 Å². The lowest BCUT2D eigenvalue weighted by atomic mass is 10.0. The zero-order chi connectivity index (χ0) is 38.8.